The first-order valence-electron chi connectivity index (χ1n) is 5.05. The Balaban J connectivity index is 2.05. The van der Waals surface area contributed by atoms with Crippen LogP contribution < -0.4 is 5.73 Å². The number of benzene rings is 1. The molecule has 0 aliphatic heterocycles. The van der Waals surface area contributed by atoms with Gasteiger partial charge in [-0.3, -0.25) is 0 Å². The minimum Gasteiger partial charge on any atom is -0.439 e. The lowest BCUT2D eigenvalue weighted by atomic mass is 10.2. The van der Waals surface area contributed by atoms with Crippen LogP contribution in [-0.4, -0.2) is 4.98 Å². The summed E-state index contributed by atoms with van der Waals surface area (Å²) in [6.45, 7) is 0. The van der Waals surface area contributed by atoms with Crippen molar-refractivity contribution in [3.63, 3.8) is 0 Å². The first-order valence-corrected chi connectivity index (χ1v) is 5.43. The Morgan fingerprint density at radius 2 is 2.27 bits per heavy atom. The lowest BCUT2D eigenvalue weighted by molar-refractivity contribution is 0.448. The summed E-state index contributed by atoms with van der Waals surface area (Å²) in [5.74, 6) is 1.18. The molecule has 3 rings (SSSR count). The maximum atomic E-state index is 6.01. The number of aromatic nitrogens is 1. The molecule has 2 N–H and O–H groups in total. The van der Waals surface area contributed by atoms with Crippen LogP contribution in [0.3, 0.4) is 0 Å². The summed E-state index contributed by atoms with van der Waals surface area (Å²) in [6.07, 6.45) is 2.36. The molecule has 1 fully saturated rings. The predicted molar refractivity (Wildman–Crippen MR) is 58.7 cm³/mol. The minimum absolute atomic E-state index is 0.0591. The molecule has 0 bridgehead atoms. The van der Waals surface area contributed by atoms with E-state index in [0.29, 0.717) is 22.4 Å². The molecule has 1 aliphatic carbocycles. The molecule has 1 aromatic carbocycles. The van der Waals surface area contributed by atoms with Crippen molar-refractivity contribution in [2.24, 2.45) is 11.7 Å². The lowest BCUT2D eigenvalue weighted by Crippen LogP contribution is -2.12. The predicted octanol–water partition coefficient (Wildman–Crippen LogP) is 2.89. The summed E-state index contributed by atoms with van der Waals surface area (Å²) in [5.41, 5.74) is 7.55. The van der Waals surface area contributed by atoms with Gasteiger partial charge in [-0.25, -0.2) is 4.98 Å². The van der Waals surface area contributed by atoms with Gasteiger partial charge >= 0.3 is 0 Å². The molecule has 78 valence electrons. The van der Waals surface area contributed by atoms with E-state index in [1.54, 1.807) is 12.1 Å². The van der Waals surface area contributed by atoms with E-state index >= 15 is 0 Å². The van der Waals surface area contributed by atoms with Crippen molar-refractivity contribution >= 4 is 22.7 Å². The average molecular weight is 223 g/mol. The molecule has 1 atom stereocenters. The van der Waals surface area contributed by atoms with Gasteiger partial charge in [-0.05, 0) is 30.9 Å². The fourth-order valence-electron chi connectivity index (χ4n) is 1.72. The Bertz CT molecular complexity index is 504. The zero-order valence-corrected chi connectivity index (χ0v) is 8.87. The Labute approximate surface area is 92.2 Å². The van der Waals surface area contributed by atoms with Crippen LogP contribution in [0.25, 0.3) is 11.1 Å². The molecule has 1 aromatic heterocycles. The molecule has 0 saturated heterocycles. The number of rotatable bonds is 2. The maximum absolute atomic E-state index is 6.01. The fourth-order valence-corrected chi connectivity index (χ4v) is 1.88. The fraction of sp³-hybridized carbons (Fsp3) is 0.364. The van der Waals surface area contributed by atoms with Crippen molar-refractivity contribution in [2.75, 3.05) is 0 Å². The smallest absolute Gasteiger partial charge is 0.212 e. The second-order valence-electron chi connectivity index (χ2n) is 4.03. The summed E-state index contributed by atoms with van der Waals surface area (Å²) in [4.78, 5) is 4.36. The lowest BCUT2D eigenvalue weighted by Gasteiger charge is -2.02. The van der Waals surface area contributed by atoms with Gasteiger partial charge in [0.15, 0.2) is 5.58 Å². The highest BCUT2D eigenvalue weighted by Gasteiger charge is 2.32. The van der Waals surface area contributed by atoms with Crippen molar-refractivity contribution in [1.29, 1.82) is 0 Å². The zero-order valence-electron chi connectivity index (χ0n) is 8.11. The molecule has 1 heterocycles. The van der Waals surface area contributed by atoms with E-state index in [1.165, 1.54) is 12.8 Å². The highest BCUT2D eigenvalue weighted by Crippen LogP contribution is 2.39. The zero-order chi connectivity index (χ0) is 10.4. The van der Waals surface area contributed by atoms with Gasteiger partial charge in [0.05, 0.1) is 6.04 Å². The van der Waals surface area contributed by atoms with Crippen LogP contribution in [0.1, 0.15) is 24.8 Å². The number of fused-ring (bicyclic) bond motifs is 1. The third-order valence-corrected chi connectivity index (χ3v) is 3.02. The van der Waals surface area contributed by atoms with Crippen molar-refractivity contribution in [1.82, 2.24) is 4.98 Å². The van der Waals surface area contributed by atoms with Crippen LogP contribution in [0.5, 0.6) is 0 Å². The molecule has 15 heavy (non-hydrogen) atoms. The van der Waals surface area contributed by atoms with Crippen LogP contribution in [0, 0.1) is 5.92 Å². The van der Waals surface area contributed by atoms with Gasteiger partial charge < -0.3 is 10.2 Å². The number of hydrogen-bond donors (Lipinski definition) is 1. The van der Waals surface area contributed by atoms with E-state index in [-0.39, 0.29) is 6.04 Å². The average Bonchev–Trinajstić information content (AvgIpc) is 2.97. The van der Waals surface area contributed by atoms with E-state index in [2.05, 4.69) is 4.98 Å². The SMILES string of the molecule is NC(c1nc2ccc(Cl)cc2o1)C1CC1. The summed E-state index contributed by atoms with van der Waals surface area (Å²) >= 11 is 5.86. The van der Waals surface area contributed by atoms with E-state index in [4.69, 9.17) is 21.8 Å². The van der Waals surface area contributed by atoms with Gasteiger partial charge in [0, 0.05) is 11.1 Å². The quantitative estimate of drug-likeness (QED) is 0.850. The second kappa shape index (κ2) is 3.22. The molecule has 3 nitrogen and oxygen atoms in total. The number of hydrogen-bond acceptors (Lipinski definition) is 3. The normalized spacial score (nSPS) is 18.3. The van der Waals surface area contributed by atoms with E-state index < -0.39 is 0 Å². The van der Waals surface area contributed by atoms with E-state index in [1.807, 2.05) is 6.07 Å². The van der Waals surface area contributed by atoms with Crippen molar-refractivity contribution in [2.45, 2.75) is 18.9 Å². The molecule has 4 heteroatoms. The van der Waals surface area contributed by atoms with Crippen molar-refractivity contribution < 1.29 is 4.42 Å². The Hall–Kier alpha value is -1.06. The molecular formula is C11H11ClN2O. The molecule has 2 aromatic rings. The van der Waals surface area contributed by atoms with Crippen LogP contribution in [0.4, 0.5) is 0 Å². The Morgan fingerprint density at radius 3 is 3.00 bits per heavy atom. The standard InChI is InChI=1S/C11H11ClN2O/c12-7-3-4-8-9(5-7)15-11(14-8)10(13)6-1-2-6/h3-6,10H,1-2,13H2. The third kappa shape index (κ3) is 1.62. The first kappa shape index (κ1) is 9.19. The number of nitrogens with zero attached hydrogens (tertiary/aromatic N) is 1. The Kier molecular flexibility index (Phi) is 1.97. The molecule has 1 unspecified atom stereocenters. The molecule has 0 spiro atoms. The van der Waals surface area contributed by atoms with E-state index in [0.717, 1.165) is 5.52 Å². The topological polar surface area (TPSA) is 52.0 Å². The molecule has 1 aliphatic rings. The van der Waals surface area contributed by atoms with Gasteiger partial charge in [0.2, 0.25) is 5.89 Å². The van der Waals surface area contributed by atoms with Crippen LogP contribution in [0.15, 0.2) is 22.6 Å². The van der Waals surface area contributed by atoms with Gasteiger partial charge in [-0.2, -0.15) is 0 Å². The molecule has 0 amide bonds. The molecule has 1 saturated carbocycles. The largest absolute Gasteiger partial charge is 0.439 e. The van der Waals surface area contributed by atoms with Crippen LogP contribution >= 0.6 is 11.6 Å². The highest BCUT2D eigenvalue weighted by atomic mass is 35.5. The first-order chi connectivity index (χ1) is 7.24. The van der Waals surface area contributed by atoms with Gasteiger partial charge in [-0.1, -0.05) is 11.6 Å². The van der Waals surface area contributed by atoms with Crippen LogP contribution in [-0.2, 0) is 0 Å². The number of halogens is 1. The Morgan fingerprint density at radius 1 is 1.47 bits per heavy atom. The van der Waals surface area contributed by atoms with Crippen LogP contribution in [0.2, 0.25) is 5.02 Å². The monoisotopic (exact) mass is 222 g/mol. The minimum atomic E-state index is -0.0591. The second-order valence-corrected chi connectivity index (χ2v) is 4.46. The summed E-state index contributed by atoms with van der Waals surface area (Å²) < 4.78 is 5.59. The summed E-state index contributed by atoms with van der Waals surface area (Å²) in [6, 6.07) is 5.37. The summed E-state index contributed by atoms with van der Waals surface area (Å²) in [5, 5.41) is 0.658. The van der Waals surface area contributed by atoms with Crippen molar-refractivity contribution in [3.05, 3.63) is 29.1 Å². The van der Waals surface area contributed by atoms with Gasteiger partial charge in [-0.15, -0.1) is 0 Å². The van der Waals surface area contributed by atoms with Crippen molar-refractivity contribution in [3.8, 4) is 0 Å². The molecular weight excluding hydrogens is 212 g/mol. The highest BCUT2D eigenvalue weighted by molar-refractivity contribution is 6.31. The van der Waals surface area contributed by atoms with Gasteiger partial charge in [0.25, 0.3) is 0 Å². The number of oxazole rings is 1. The van der Waals surface area contributed by atoms with E-state index in [9.17, 15) is 0 Å². The summed E-state index contributed by atoms with van der Waals surface area (Å²) in [7, 11) is 0. The molecule has 0 radical (unpaired) electrons. The third-order valence-electron chi connectivity index (χ3n) is 2.78. The van der Waals surface area contributed by atoms with Gasteiger partial charge in [0.1, 0.15) is 5.52 Å². The maximum Gasteiger partial charge on any atom is 0.212 e. The number of nitrogens with two attached hydrogens (primary N) is 1.